The number of nitrogens with zero attached hydrogens (tertiary/aromatic N) is 1. The van der Waals surface area contributed by atoms with Gasteiger partial charge in [-0.1, -0.05) is 17.0 Å². The van der Waals surface area contributed by atoms with E-state index in [9.17, 15) is 9.18 Å². The third kappa shape index (κ3) is 3.43. The number of aromatic nitrogens is 1. The van der Waals surface area contributed by atoms with Gasteiger partial charge in [-0.15, -0.1) is 0 Å². The second kappa shape index (κ2) is 6.50. The minimum Gasteiger partial charge on any atom is -0.384 e. The molecule has 0 aliphatic rings. The topological polar surface area (TPSA) is 75.4 Å². The fourth-order valence-electron chi connectivity index (χ4n) is 1.53. The largest absolute Gasteiger partial charge is 0.384 e. The number of benzene rings is 1. The first-order valence-corrected chi connectivity index (χ1v) is 5.77. The highest BCUT2D eigenvalue weighted by atomic mass is 19.1. The fourth-order valence-corrected chi connectivity index (χ4v) is 1.53. The fraction of sp³-hybridized carbons (Fsp3) is 0.143. The van der Waals surface area contributed by atoms with Gasteiger partial charge in [0.15, 0.2) is 5.69 Å². The molecule has 0 fully saturated rings. The van der Waals surface area contributed by atoms with Gasteiger partial charge in [-0.2, -0.15) is 0 Å². The number of hydrogen-bond acceptors (Lipinski definition) is 4. The molecule has 1 aromatic heterocycles. The van der Waals surface area contributed by atoms with E-state index in [1.165, 1.54) is 30.5 Å². The van der Waals surface area contributed by atoms with Crippen molar-refractivity contribution in [2.24, 2.45) is 0 Å². The van der Waals surface area contributed by atoms with Crippen molar-refractivity contribution in [2.45, 2.75) is 6.54 Å². The summed E-state index contributed by atoms with van der Waals surface area (Å²) in [5, 5.41) is 14.6. The molecule has 0 saturated carbocycles. The molecule has 0 unspecified atom stereocenters. The zero-order chi connectivity index (χ0) is 14.4. The lowest BCUT2D eigenvalue weighted by Gasteiger charge is -2.05. The lowest BCUT2D eigenvalue weighted by atomic mass is 10.1. The Hall–Kier alpha value is -2.65. The van der Waals surface area contributed by atoms with Crippen LogP contribution in [0.2, 0.25) is 0 Å². The first-order chi connectivity index (χ1) is 9.70. The summed E-state index contributed by atoms with van der Waals surface area (Å²) >= 11 is 0. The van der Waals surface area contributed by atoms with E-state index in [2.05, 4.69) is 26.8 Å². The zero-order valence-electron chi connectivity index (χ0n) is 10.4. The molecule has 20 heavy (non-hydrogen) atoms. The number of aliphatic hydroxyl groups excluding tert-OH is 1. The third-order valence-electron chi connectivity index (χ3n) is 2.47. The van der Waals surface area contributed by atoms with Crippen LogP contribution in [0.5, 0.6) is 0 Å². The second-order valence-electron chi connectivity index (χ2n) is 3.83. The zero-order valence-corrected chi connectivity index (χ0v) is 10.4. The molecule has 2 N–H and O–H groups in total. The number of carbonyl (C=O) groups excluding carboxylic acids is 1. The van der Waals surface area contributed by atoms with Crippen molar-refractivity contribution < 1.29 is 18.8 Å². The van der Waals surface area contributed by atoms with Crippen molar-refractivity contribution in [3.05, 3.63) is 53.2 Å². The maximum atomic E-state index is 13.6. The number of aliphatic hydroxyl groups is 1. The van der Waals surface area contributed by atoms with E-state index in [0.29, 0.717) is 11.1 Å². The van der Waals surface area contributed by atoms with Gasteiger partial charge in [0.25, 0.3) is 5.91 Å². The number of rotatable bonds is 3. The average molecular weight is 274 g/mol. The maximum absolute atomic E-state index is 13.6. The first kappa shape index (κ1) is 13.8. The molecule has 0 aliphatic carbocycles. The van der Waals surface area contributed by atoms with E-state index in [0.717, 1.165) is 0 Å². The number of halogens is 1. The minimum atomic E-state index is -0.454. The van der Waals surface area contributed by atoms with E-state index in [4.69, 9.17) is 5.11 Å². The van der Waals surface area contributed by atoms with Gasteiger partial charge in [-0.25, -0.2) is 4.39 Å². The van der Waals surface area contributed by atoms with E-state index in [1.807, 2.05) is 0 Å². The van der Waals surface area contributed by atoms with Crippen LogP contribution in [-0.4, -0.2) is 22.8 Å². The van der Waals surface area contributed by atoms with Gasteiger partial charge in [0.1, 0.15) is 18.7 Å². The van der Waals surface area contributed by atoms with Crippen LogP contribution in [0.3, 0.4) is 0 Å². The monoisotopic (exact) mass is 274 g/mol. The molecule has 1 heterocycles. The molecule has 2 aromatic rings. The molecular weight excluding hydrogens is 263 g/mol. The molecule has 1 aromatic carbocycles. The molecule has 0 radical (unpaired) electrons. The minimum absolute atomic E-state index is 0.00612. The first-order valence-electron chi connectivity index (χ1n) is 5.77. The standard InChI is InChI=1S/C14H11FN2O3/c15-12-4-3-10(2-1-6-18)8-11(12)9-16-14(19)13-5-7-20-17-13/h3-5,7-8,18H,6,9H2,(H,16,19). The quantitative estimate of drug-likeness (QED) is 0.821. The van der Waals surface area contributed by atoms with Crippen LogP contribution in [0.15, 0.2) is 35.1 Å². The van der Waals surface area contributed by atoms with Gasteiger partial charge in [0.05, 0.1) is 0 Å². The average Bonchev–Trinajstić information content (AvgIpc) is 2.99. The molecular formula is C14H11FN2O3. The summed E-state index contributed by atoms with van der Waals surface area (Å²) in [7, 11) is 0. The van der Waals surface area contributed by atoms with E-state index >= 15 is 0 Å². The number of nitrogens with one attached hydrogen (secondary N) is 1. The van der Waals surface area contributed by atoms with Crippen LogP contribution in [0, 0.1) is 17.7 Å². The molecule has 1 amide bonds. The predicted molar refractivity (Wildman–Crippen MR) is 68.0 cm³/mol. The van der Waals surface area contributed by atoms with E-state index in [1.54, 1.807) is 0 Å². The van der Waals surface area contributed by atoms with Crippen LogP contribution in [0.4, 0.5) is 4.39 Å². The van der Waals surface area contributed by atoms with Crippen LogP contribution in [-0.2, 0) is 6.54 Å². The van der Waals surface area contributed by atoms with Gasteiger partial charge < -0.3 is 14.9 Å². The Morgan fingerprint density at radius 1 is 1.45 bits per heavy atom. The van der Waals surface area contributed by atoms with Crippen molar-refractivity contribution in [3.8, 4) is 11.8 Å². The Morgan fingerprint density at radius 2 is 2.30 bits per heavy atom. The molecule has 0 bridgehead atoms. The molecule has 0 aliphatic heterocycles. The molecule has 0 atom stereocenters. The lowest BCUT2D eigenvalue weighted by molar-refractivity contribution is 0.0941. The van der Waals surface area contributed by atoms with Crippen molar-refractivity contribution >= 4 is 5.91 Å². The van der Waals surface area contributed by atoms with Gasteiger partial charge in [-0.05, 0) is 18.2 Å². The van der Waals surface area contributed by atoms with Crippen LogP contribution < -0.4 is 5.32 Å². The summed E-state index contributed by atoms with van der Waals surface area (Å²) in [5.74, 6) is 4.24. The Balaban J connectivity index is 2.07. The number of carbonyl (C=O) groups is 1. The molecule has 0 spiro atoms. The second-order valence-corrected chi connectivity index (χ2v) is 3.83. The highest BCUT2D eigenvalue weighted by molar-refractivity contribution is 5.91. The van der Waals surface area contributed by atoms with E-state index in [-0.39, 0.29) is 18.8 Å². The van der Waals surface area contributed by atoms with Gasteiger partial charge in [0, 0.05) is 23.7 Å². The van der Waals surface area contributed by atoms with Crippen LogP contribution in [0.1, 0.15) is 21.6 Å². The highest BCUT2D eigenvalue weighted by Crippen LogP contribution is 2.10. The Bertz CT molecular complexity index is 657. The van der Waals surface area contributed by atoms with Crippen molar-refractivity contribution in [2.75, 3.05) is 6.61 Å². The molecule has 6 heteroatoms. The van der Waals surface area contributed by atoms with Crippen LogP contribution >= 0.6 is 0 Å². The maximum Gasteiger partial charge on any atom is 0.273 e. The third-order valence-corrected chi connectivity index (χ3v) is 2.47. The van der Waals surface area contributed by atoms with Gasteiger partial charge in [-0.3, -0.25) is 4.79 Å². The molecule has 5 nitrogen and oxygen atoms in total. The van der Waals surface area contributed by atoms with Crippen molar-refractivity contribution in [1.29, 1.82) is 0 Å². The SMILES string of the molecule is O=C(NCc1cc(C#CCO)ccc1F)c1ccon1. The van der Waals surface area contributed by atoms with Crippen molar-refractivity contribution in [1.82, 2.24) is 10.5 Å². The summed E-state index contributed by atoms with van der Waals surface area (Å²) in [4.78, 5) is 11.6. The molecule has 102 valence electrons. The Labute approximate surface area is 114 Å². The summed E-state index contributed by atoms with van der Waals surface area (Å²) in [6, 6.07) is 5.69. The molecule has 0 saturated heterocycles. The smallest absolute Gasteiger partial charge is 0.273 e. The van der Waals surface area contributed by atoms with E-state index < -0.39 is 11.7 Å². The Morgan fingerprint density at radius 3 is 3.00 bits per heavy atom. The van der Waals surface area contributed by atoms with Crippen molar-refractivity contribution in [3.63, 3.8) is 0 Å². The summed E-state index contributed by atoms with van der Waals surface area (Å²) < 4.78 is 18.1. The number of amides is 1. The normalized spacial score (nSPS) is 9.70. The van der Waals surface area contributed by atoms with Crippen LogP contribution in [0.25, 0.3) is 0 Å². The Kier molecular flexibility index (Phi) is 4.47. The highest BCUT2D eigenvalue weighted by Gasteiger charge is 2.10. The lowest BCUT2D eigenvalue weighted by Crippen LogP contribution is -2.23. The summed E-state index contributed by atoms with van der Waals surface area (Å²) in [5.41, 5.74) is 0.986. The summed E-state index contributed by atoms with van der Waals surface area (Å²) in [6.45, 7) is -0.262. The summed E-state index contributed by atoms with van der Waals surface area (Å²) in [6.07, 6.45) is 1.28. The predicted octanol–water partition coefficient (Wildman–Crippen LogP) is 1.09. The molecule has 2 rings (SSSR count). The van der Waals surface area contributed by atoms with Gasteiger partial charge in [0.2, 0.25) is 0 Å². The van der Waals surface area contributed by atoms with Gasteiger partial charge >= 0.3 is 0 Å². The number of hydrogen-bond donors (Lipinski definition) is 2.